The van der Waals surface area contributed by atoms with E-state index in [1.54, 1.807) is 4.74 Å². The highest BCUT2D eigenvalue weighted by molar-refractivity contribution is 5.74. The molecule has 2 atom stereocenters. The zero-order valence-electron chi connectivity index (χ0n) is 14.4. The molecular formula is C14H6F14O4. The standard InChI is InChI=1S/C14H6F14O4/c15-8(9(16,17)30-7-3-1-6(5-29)2-4-7)31-14(28,12(23,24)25)32-13(26,27)10(18,19)11(20,21)22/h1-5,8H. The van der Waals surface area contributed by atoms with Gasteiger partial charge in [0.1, 0.15) is 12.0 Å². The molecule has 0 fully saturated rings. The van der Waals surface area contributed by atoms with Crippen LogP contribution >= 0.6 is 0 Å². The minimum absolute atomic E-state index is 0.171. The molecule has 0 aliphatic heterocycles. The van der Waals surface area contributed by atoms with Crippen LogP contribution in [-0.4, -0.2) is 49.2 Å². The Morgan fingerprint density at radius 3 is 1.59 bits per heavy atom. The number of aldehydes is 1. The Bertz CT molecular complexity index is 788. The molecule has 0 aromatic heterocycles. The predicted molar refractivity (Wildman–Crippen MR) is 70.3 cm³/mol. The Labute approximate surface area is 166 Å². The molecule has 1 rings (SSSR count). The third-order valence-electron chi connectivity index (χ3n) is 3.11. The number of benzene rings is 1. The van der Waals surface area contributed by atoms with Crippen LogP contribution in [0.25, 0.3) is 0 Å². The van der Waals surface area contributed by atoms with Gasteiger partial charge in [0.25, 0.3) is 0 Å². The lowest BCUT2D eigenvalue weighted by Gasteiger charge is -2.35. The van der Waals surface area contributed by atoms with E-state index in [1.807, 2.05) is 0 Å². The Balaban J connectivity index is 3.20. The van der Waals surface area contributed by atoms with Crippen molar-refractivity contribution in [1.29, 1.82) is 0 Å². The van der Waals surface area contributed by atoms with E-state index in [4.69, 9.17) is 0 Å². The van der Waals surface area contributed by atoms with Gasteiger partial charge in [-0.25, -0.2) is 9.13 Å². The smallest absolute Gasteiger partial charge is 0.429 e. The van der Waals surface area contributed by atoms with Gasteiger partial charge in [-0.1, -0.05) is 0 Å². The summed E-state index contributed by atoms with van der Waals surface area (Å²) in [5, 5.41) is 0. The Kier molecular flexibility index (Phi) is 7.37. The average Bonchev–Trinajstić information content (AvgIpc) is 2.59. The van der Waals surface area contributed by atoms with Crippen molar-refractivity contribution in [1.82, 2.24) is 0 Å². The second kappa shape index (κ2) is 8.53. The van der Waals surface area contributed by atoms with E-state index in [2.05, 4.69) is 9.47 Å². The number of ether oxygens (including phenoxy) is 3. The molecule has 1 aromatic rings. The van der Waals surface area contributed by atoms with Crippen molar-refractivity contribution < 1.29 is 80.5 Å². The molecule has 18 heteroatoms. The molecule has 2 unspecified atom stereocenters. The fraction of sp³-hybridized carbons (Fsp3) is 0.500. The van der Waals surface area contributed by atoms with E-state index in [0.717, 1.165) is 12.1 Å². The van der Waals surface area contributed by atoms with E-state index >= 15 is 0 Å². The average molecular weight is 504 g/mol. The third-order valence-corrected chi connectivity index (χ3v) is 3.11. The normalized spacial score (nSPS) is 16.9. The van der Waals surface area contributed by atoms with Gasteiger partial charge in [0.15, 0.2) is 0 Å². The molecule has 0 spiro atoms. The number of hydrogen-bond donors (Lipinski definition) is 0. The van der Waals surface area contributed by atoms with E-state index in [0.29, 0.717) is 12.1 Å². The molecule has 4 nitrogen and oxygen atoms in total. The first-order valence-corrected chi connectivity index (χ1v) is 7.32. The van der Waals surface area contributed by atoms with Crippen LogP contribution in [0.5, 0.6) is 5.75 Å². The molecule has 0 aliphatic rings. The van der Waals surface area contributed by atoms with E-state index in [1.165, 1.54) is 0 Å². The lowest BCUT2D eigenvalue weighted by atomic mass is 10.2. The van der Waals surface area contributed by atoms with Gasteiger partial charge in [-0.2, -0.15) is 57.1 Å². The number of carbonyl (C=O) groups is 1. The Hall–Kier alpha value is -2.37. The van der Waals surface area contributed by atoms with Crippen LogP contribution in [0.3, 0.4) is 0 Å². The summed E-state index contributed by atoms with van der Waals surface area (Å²) in [6.45, 7) is 0. The quantitative estimate of drug-likeness (QED) is 0.243. The number of carbonyl (C=O) groups excluding carboxylic acids is 1. The second-order valence-corrected chi connectivity index (χ2v) is 5.51. The highest BCUT2D eigenvalue weighted by atomic mass is 19.4. The lowest BCUT2D eigenvalue weighted by Crippen LogP contribution is -2.61. The monoisotopic (exact) mass is 504 g/mol. The zero-order valence-corrected chi connectivity index (χ0v) is 14.4. The zero-order chi connectivity index (χ0) is 25.4. The van der Waals surface area contributed by atoms with Gasteiger partial charge < -0.3 is 4.74 Å². The SMILES string of the molecule is O=Cc1ccc(OC(F)(F)C(F)OC(F)(OC(F)(F)C(F)(F)C(F)(F)F)C(F)(F)F)cc1. The van der Waals surface area contributed by atoms with Crippen LogP contribution in [0.1, 0.15) is 10.4 Å². The maximum atomic E-state index is 13.7. The van der Waals surface area contributed by atoms with Crippen LogP contribution in [-0.2, 0) is 9.47 Å². The molecule has 0 radical (unpaired) electrons. The summed E-state index contributed by atoms with van der Waals surface area (Å²) in [7, 11) is 0. The number of rotatable bonds is 9. The number of alkyl halides is 14. The van der Waals surface area contributed by atoms with Crippen molar-refractivity contribution in [3.8, 4) is 5.75 Å². The minimum atomic E-state index is -7.50. The molecule has 0 aliphatic carbocycles. The minimum Gasteiger partial charge on any atom is -0.429 e. The van der Waals surface area contributed by atoms with Gasteiger partial charge in [0, 0.05) is 5.56 Å². The van der Waals surface area contributed by atoms with E-state index in [9.17, 15) is 66.3 Å². The van der Waals surface area contributed by atoms with Gasteiger partial charge in [0.2, 0.25) is 0 Å². The van der Waals surface area contributed by atoms with Crippen molar-refractivity contribution >= 4 is 6.29 Å². The summed E-state index contributed by atoms with van der Waals surface area (Å²) in [6, 6.07) is -4.43. The fourth-order valence-corrected chi connectivity index (χ4v) is 1.56. The number of halogens is 14. The van der Waals surface area contributed by atoms with Crippen LogP contribution in [0.15, 0.2) is 24.3 Å². The van der Waals surface area contributed by atoms with Gasteiger partial charge in [-0.3, -0.25) is 9.53 Å². The molecule has 0 amide bonds. The Morgan fingerprint density at radius 2 is 1.22 bits per heavy atom. The van der Waals surface area contributed by atoms with Crippen molar-refractivity contribution in [3.05, 3.63) is 29.8 Å². The topological polar surface area (TPSA) is 44.8 Å². The predicted octanol–water partition coefficient (Wildman–Crippen LogP) is 5.78. The molecule has 0 bridgehead atoms. The summed E-state index contributed by atoms with van der Waals surface area (Å²) in [5.41, 5.74) is -0.171. The van der Waals surface area contributed by atoms with Crippen molar-refractivity contribution in [3.63, 3.8) is 0 Å². The lowest BCUT2D eigenvalue weighted by molar-refractivity contribution is -0.549. The largest absolute Gasteiger partial charge is 0.478 e. The maximum absolute atomic E-state index is 13.7. The summed E-state index contributed by atoms with van der Waals surface area (Å²) in [6.07, 6.45) is -32.5. The molecule has 1 aromatic carbocycles. The molecule has 0 saturated carbocycles. The summed E-state index contributed by atoms with van der Waals surface area (Å²) < 4.78 is 187. The second-order valence-electron chi connectivity index (χ2n) is 5.51. The Morgan fingerprint density at radius 1 is 0.750 bits per heavy atom. The van der Waals surface area contributed by atoms with Crippen molar-refractivity contribution in [2.75, 3.05) is 0 Å². The third kappa shape index (κ3) is 5.70. The van der Waals surface area contributed by atoms with Crippen LogP contribution < -0.4 is 4.74 Å². The van der Waals surface area contributed by atoms with Crippen molar-refractivity contribution in [2.24, 2.45) is 0 Å². The highest BCUT2D eigenvalue weighted by Gasteiger charge is 2.79. The van der Waals surface area contributed by atoms with Gasteiger partial charge in [-0.05, 0) is 24.3 Å². The van der Waals surface area contributed by atoms with Crippen LogP contribution in [0.2, 0.25) is 0 Å². The fourth-order valence-electron chi connectivity index (χ4n) is 1.56. The molecular weight excluding hydrogens is 498 g/mol. The molecule has 32 heavy (non-hydrogen) atoms. The van der Waals surface area contributed by atoms with Gasteiger partial charge in [-0.15, -0.1) is 0 Å². The van der Waals surface area contributed by atoms with Crippen LogP contribution in [0, 0.1) is 0 Å². The van der Waals surface area contributed by atoms with Crippen LogP contribution in [0.4, 0.5) is 61.5 Å². The first-order chi connectivity index (χ1) is 14.1. The first kappa shape index (κ1) is 27.7. The molecule has 0 saturated heterocycles. The summed E-state index contributed by atoms with van der Waals surface area (Å²) in [4.78, 5) is 10.4. The van der Waals surface area contributed by atoms with E-state index < -0.39 is 48.6 Å². The summed E-state index contributed by atoms with van der Waals surface area (Å²) >= 11 is 0. The number of hydrogen-bond acceptors (Lipinski definition) is 4. The first-order valence-electron chi connectivity index (χ1n) is 7.32. The molecule has 0 N–H and O–H groups in total. The molecule has 0 heterocycles. The maximum Gasteiger partial charge on any atom is 0.478 e. The summed E-state index contributed by atoms with van der Waals surface area (Å²) in [5.74, 6) is -8.62. The molecule has 184 valence electrons. The van der Waals surface area contributed by atoms with E-state index in [-0.39, 0.29) is 11.8 Å². The van der Waals surface area contributed by atoms with Crippen molar-refractivity contribution in [2.45, 2.75) is 42.9 Å². The van der Waals surface area contributed by atoms with Gasteiger partial charge in [0.05, 0.1) is 0 Å². The van der Waals surface area contributed by atoms with Gasteiger partial charge >= 0.3 is 42.9 Å². The highest BCUT2D eigenvalue weighted by Crippen LogP contribution is 2.51.